The Balaban J connectivity index is 0.00000630. The van der Waals surface area contributed by atoms with Gasteiger partial charge in [0.15, 0.2) is 0 Å². The SMILES string of the molecule is [2H]C(C)(C)c1ccc(-c2ccnc(-c3[c-]c(-c4cccc5c4nc(-c4cc(C(C)C)cc(C(C)C)c4O)n5-c4cc(-c5ccccc5)cc(C([2H])(C)C)c4)cc(C(C)(C)C)c3)c2)cc1.[Pt]. The second-order valence-electron chi connectivity index (χ2n) is 18.8. The van der Waals surface area contributed by atoms with Crippen LogP contribution in [-0.4, -0.2) is 19.6 Å². The summed E-state index contributed by atoms with van der Waals surface area (Å²) < 4.78 is 19.9. The van der Waals surface area contributed by atoms with Crippen LogP contribution in [0.4, 0.5) is 0 Å². The van der Waals surface area contributed by atoms with Gasteiger partial charge >= 0.3 is 0 Å². The number of phenols is 1. The minimum absolute atomic E-state index is 0. The molecule has 6 aromatic carbocycles. The normalized spacial score (nSPS) is 12.7. The van der Waals surface area contributed by atoms with Crippen molar-refractivity contribution >= 4 is 11.0 Å². The molecule has 1 N–H and O–H groups in total. The zero-order valence-electron chi connectivity index (χ0n) is 40.5. The van der Waals surface area contributed by atoms with Crippen molar-refractivity contribution in [2.45, 2.75) is 105 Å². The first kappa shape index (κ1) is 42.7. The van der Waals surface area contributed by atoms with E-state index in [2.05, 4.69) is 150 Å². The number of nitrogens with zero attached hydrogens (tertiary/aromatic N) is 3. The van der Waals surface area contributed by atoms with E-state index in [1.807, 2.05) is 70.3 Å². The van der Waals surface area contributed by atoms with Crippen LogP contribution < -0.4 is 0 Å². The maximum absolute atomic E-state index is 12.3. The van der Waals surface area contributed by atoms with E-state index in [1.165, 1.54) is 0 Å². The Bertz CT molecular complexity index is 3000. The molecule has 5 heteroatoms. The van der Waals surface area contributed by atoms with Crippen LogP contribution in [-0.2, 0) is 26.5 Å². The molecule has 0 unspecified atom stereocenters. The summed E-state index contributed by atoms with van der Waals surface area (Å²) in [5.41, 5.74) is 15.6. The third-order valence-corrected chi connectivity index (χ3v) is 12.1. The van der Waals surface area contributed by atoms with E-state index < -0.39 is 11.8 Å². The fraction of sp³-hybridized carbons (Fsp3) is 0.276. The molecule has 0 radical (unpaired) electrons. The summed E-state index contributed by atoms with van der Waals surface area (Å²) in [6, 6.07) is 47.9. The molecule has 0 aliphatic rings. The number of para-hydroxylation sites is 1. The first-order valence-electron chi connectivity index (χ1n) is 22.9. The minimum atomic E-state index is -0.891. The smallest absolute Gasteiger partial charge is 0.148 e. The van der Waals surface area contributed by atoms with Crippen molar-refractivity contribution in [3.05, 3.63) is 167 Å². The van der Waals surface area contributed by atoms with Crippen molar-refractivity contribution in [1.29, 1.82) is 0 Å². The molecule has 0 atom stereocenters. The molecule has 0 saturated carbocycles. The maximum atomic E-state index is 12.3. The molecule has 2 heterocycles. The van der Waals surface area contributed by atoms with Crippen LogP contribution in [0.3, 0.4) is 0 Å². The van der Waals surface area contributed by atoms with E-state index in [0.717, 1.165) is 89.2 Å². The number of fused-ring (bicyclic) bond motifs is 1. The molecular formula is C58H60N3OPt-. The Morgan fingerprint density at radius 1 is 0.603 bits per heavy atom. The number of rotatable bonds is 10. The Kier molecular flexibility index (Phi) is 12.4. The summed E-state index contributed by atoms with van der Waals surface area (Å²) in [6.07, 6.45) is 1.86. The van der Waals surface area contributed by atoms with Crippen LogP contribution in [0.15, 0.2) is 134 Å². The van der Waals surface area contributed by atoms with E-state index in [0.29, 0.717) is 11.4 Å². The van der Waals surface area contributed by atoms with Crippen LogP contribution >= 0.6 is 0 Å². The van der Waals surface area contributed by atoms with Gasteiger partial charge in [0.05, 0.1) is 16.6 Å². The molecule has 0 spiro atoms. The molecule has 0 aliphatic heterocycles. The number of pyridine rings is 1. The zero-order chi connectivity index (χ0) is 45.9. The summed E-state index contributed by atoms with van der Waals surface area (Å²) in [6.45, 7) is 22.9. The van der Waals surface area contributed by atoms with Gasteiger partial charge in [-0.25, -0.2) is 4.98 Å². The number of aromatic hydroxyl groups is 1. The van der Waals surface area contributed by atoms with E-state index >= 15 is 0 Å². The van der Waals surface area contributed by atoms with Crippen molar-refractivity contribution in [2.75, 3.05) is 0 Å². The van der Waals surface area contributed by atoms with Gasteiger partial charge < -0.3 is 5.11 Å². The largest absolute Gasteiger partial charge is 0.507 e. The number of phenolic OH excluding ortho intramolecular Hbond substituents is 1. The van der Waals surface area contributed by atoms with E-state index in [9.17, 15) is 6.48 Å². The molecule has 63 heavy (non-hydrogen) atoms. The Morgan fingerprint density at radius 3 is 1.94 bits per heavy atom. The molecular weight excluding hydrogens is 950 g/mol. The number of hydrogen-bond acceptors (Lipinski definition) is 3. The number of benzene rings is 6. The fourth-order valence-electron chi connectivity index (χ4n) is 8.25. The third-order valence-electron chi connectivity index (χ3n) is 12.1. The summed E-state index contributed by atoms with van der Waals surface area (Å²) in [7, 11) is 0. The maximum Gasteiger partial charge on any atom is 0.148 e. The second-order valence-corrected chi connectivity index (χ2v) is 18.8. The second kappa shape index (κ2) is 18.3. The summed E-state index contributed by atoms with van der Waals surface area (Å²) in [4.78, 5) is 10.5. The van der Waals surface area contributed by atoms with Crippen LogP contribution in [0.1, 0.15) is 130 Å². The Labute approximate surface area is 392 Å². The zero-order valence-corrected chi connectivity index (χ0v) is 40.7. The van der Waals surface area contributed by atoms with Gasteiger partial charge in [-0.2, -0.15) is 0 Å². The standard InChI is InChI=1S/C58H60N3O.Pt/c1-35(2)39-20-22-41(23-21-39)42-24-25-59-53(34-42)47-27-46(28-48(29-47)58(9,10)11)50-18-15-19-54-55(50)60-57(52-33-44(37(5)6)32-51(38(7)8)56(52)62)61(54)49-30-43(36(3)4)26-45(31-49)40-16-13-12-14-17-40;/h12-26,28-38,62H,1-11H3;/q-1;/i35D,36D;. The summed E-state index contributed by atoms with van der Waals surface area (Å²) in [5.74, 6) is -0.410. The Morgan fingerprint density at radius 2 is 1.29 bits per heavy atom. The molecule has 4 nitrogen and oxygen atoms in total. The van der Waals surface area contributed by atoms with E-state index in [1.54, 1.807) is 0 Å². The first-order valence-corrected chi connectivity index (χ1v) is 21.9. The van der Waals surface area contributed by atoms with E-state index in [-0.39, 0.29) is 44.1 Å². The molecule has 0 bridgehead atoms. The van der Waals surface area contributed by atoms with Crippen molar-refractivity contribution < 1.29 is 28.9 Å². The van der Waals surface area contributed by atoms with Crippen LogP contribution in [0, 0.1) is 6.07 Å². The van der Waals surface area contributed by atoms with E-state index in [4.69, 9.17) is 11.3 Å². The minimum Gasteiger partial charge on any atom is -0.507 e. The molecule has 0 amide bonds. The van der Waals surface area contributed by atoms with Gasteiger partial charge in [-0.1, -0.05) is 172 Å². The monoisotopic (exact) mass is 1010 g/mol. The van der Waals surface area contributed by atoms with Crippen molar-refractivity contribution in [1.82, 2.24) is 14.5 Å². The molecule has 0 aliphatic carbocycles. The fourth-order valence-corrected chi connectivity index (χ4v) is 8.25. The van der Waals surface area contributed by atoms with Crippen molar-refractivity contribution in [2.24, 2.45) is 0 Å². The average molecular weight is 1010 g/mol. The van der Waals surface area contributed by atoms with Gasteiger partial charge in [0.2, 0.25) is 0 Å². The van der Waals surface area contributed by atoms with Crippen LogP contribution in [0.5, 0.6) is 5.75 Å². The summed E-state index contributed by atoms with van der Waals surface area (Å²) in [5, 5.41) is 12.3. The van der Waals surface area contributed by atoms with Gasteiger partial charge in [0.1, 0.15) is 11.6 Å². The molecule has 0 saturated heterocycles. The first-order chi connectivity index (χ1) is 30.2. The molecule has 8 aromatic rings. The van der Waals surface area contributed by atoms with Gasteiger partial charge in [-0.05, 0) is 104 Å². The van der Waals surface area contributed by atoms with Gasteiger partial charge in [-0.15, -0.1) is 29.3 Å². The van der Waals surface area contributed by atoms with Gasteiger partial charge in [-0.3, -0.25) is 9.55 Å². The predicted octanol–water partition coefficient (Wildman–Crippen LogP) is 16.0. The molecule has 8 rings (SSSR count). The molecule has 324 valence electrons. The van der Waals surface area contributed by atoms with Gasteiger partial charge in [0, 0.05) is 41.4 Å². The van der Waals surface area contributed by atoms with Crippen molar-refractivity contribution in [3.8, 4) is 67.5 Å². The summed E-state index contributed by atoms with van der Waals surface area (Å²) >= 11 is 0. The molecule has 2 aromatic heterocycles. The quantitative estimate of drug-likeness (QED) is 0.139. The number of imidazole rings is 1. The Hall–Kier alpha value is -5.57. The molecule has 0 fully saturated rings. The van der Waals surface area contributed by atoms with Crippen molar-refractivity contribution in [3.63, 3.8) is 0 Å². The van der Waals surface area contributed by atoms with Gasteiger partial charge in [0.25, 0.3) is 0 Å². The third kappa shape index (κ3) is 9.25. The van der Waals surface area contributed by atoms with Crippen LogP contribution in [0.25, 0.3) is 72.7 Å². The van der Waals surface area contributed by atoms with Crippen LogP contribution in [0.2, 0.25) is 0 Å². The average Bonchev–Trinajstić information content (AvgIpc) is 3.65. The topological polar surface area (TPSA) is 50.9 Å². The number of hydrogen-bond donors (Lipinski definition) is 1. The predicted molar refractivity (Wildman–Crippen MR) is 262 cm³/mol. The number of aromatic nitrogens is 3.